The molecule has 34 heavy (non-hydrogen) atoms. The van der Waals surface area contributed by atoms with Crippen LogP contribution in [0, 0.1) is 11.6 Å². The Labute approximate surface area is 196 Å². The Morgan fingerprint density at radius 3 is 2.65 bits per heavy atom. The highest BCUT2D eigenvalue weighted by Crippen LogP contribution is 2.36. The Morgan fingerprint density at radius 1 is 1.18 bits per heavy atom. The number of nitrogens with one attached hydrogen (secondary N) is 1. The van der Waals surface area contributed by atoms with E-state index in [0.29, 0.717) is 34.9 Å². The standard InChI is InChI=1S/C22H18ClF2N7O2/c1-11-18-16(19(30(2)28-18)12-5-14(24)8-15(25)6-12)3-4-31(11)22(34)20-27-10-32(29-20)17-7-13(23)9-26-21(17)33/h5-11H,3-4H2,1-2H3,(H,26,33)/t11-/m0/s1. The molecule has 1 aliphatic rings. The van der Waals surface area contributed by atoms with Gasteiger partial charge in [0, 0.05) is 37.0 Å². The lowest BCUT2D eigenvalue weighted by Crippen LogP contribution is -2.39. The molecule has 0 saturated heterocycles. The number of halogens is 3. The van der Waals surface area contributed by atoms with E-state index in [0.717, 1.165) is 11.6 Å². The van der Waals surface area contributed by atoms with Gasteiger partial charge < -0.3 is 9.88 Å². The summed E-state index contributed by atoms with van der Waals surface area (Å²) in [6.45, 7) is 2.15. The number of carbonyl (C=O) groups is 1. The van der Waals surface area contributed by atoms with Crippen LogP contribution < -0.4 is 5.56 Å². The summed E-state index contributed by atoms with van der Waals surface area (Å²) >= 11 is 5.94. The molecule has 3 aromatic heterocycles. The van der Waals surface area contributed by atoms with Gasteiger partial charge in [0.25, 0.3) is 11.5 Å². The molecule has 4 aromatic rings. The Hall–Kier alpha value is -3.86. The fourth-order valence-electron chi connectivity index (χ4n) is 4.30. The van der Waals surface area contributed by atoms with Crippen molar-refractivity contribution in [1.29, 1.82) is 0 Å². The molecule has 1 amide bonds. The maximum absolute atomic E-state index is 13.8. The van der Waals surface area contributed by atoms with Crippen molar-refractivity contribution in [1.82, 2.24) is 34.4 Å². The fraction of sp³-hybridized carbons (Fsp3) is 0.227. The van der Waals surface area contributed by atoms with Gasteiger partial charge in [0.2, 0.25) is 5.82 Å². The summed E-state index contributed by atoms with van der Waals surface area (Å²) in [6.07, 6.45) is 3.05. The number of rotatable bonds is 3. The molecule has 0 fully saturated rings. The van der Waals surface area contributed by atoms with Crippen LogP contribution in [0.5, 0.6) is 0 Å². The zero-order valence-corrected chi connectivity index (χ0v) is 18.8. The van der Waals surface area contributed by atoms with Gasteiger partial charge in [0.1, 0.15) is 23.6 Å². The summed E-state index contributed by atoms with van der Waals surface area (Å²) in [5, 5.41) is 9.01. The van der Waals surface area contributed by atoms with Gasteiger partial charge in [-0.3, -0.25) is 14.3 Å². The molecule has 4 heterocycles. The molecule has 1 aliphatic heterocycles. The quantitative estimate of drug-likeness (QED) is 0.480. The van der Waals surface area contributed by atoms with Crippen molar-refractivity contribution in [3.8, 4) is 16.9 Å². The number of nitrogens with zero attached hydrogens (tertiary/aromatic N) is 6. The van der Waals surface area contributed by atoms with E-state index < -0.39 is 29.1 Å². The number of hydrogen-bond donors (Lipinski definition) is 1. The molecule has 1 aromatic carbocycles. The number of aryl methyl sites for hydroxylation is 1. The van der Waals surface area contributed by atoms with E-state index in [1.54, 1.807) is 16.6 Å². The van der Waals surface area contributed by atoms with E-state index >= 15 is 0 Å². The van der Waals surface area contributed by atoms with Gasteiger partial charge in [0.05, 0.1) is 22.5 Å². The van der Waals surface area contributed by atoms with Crippen molar-refractivity contribution >= 4 is 17.5 Å². The van der Waals surface area contributed by atoms with Crippen molar-refractivity contribution in [3.63, 3.8) is 0 Å². The summed E-state index contributed by atoms with van der Waals surface area (Å²) in [4.78, 5) is 33.4. The van der Waals surface area contributed by atoms with E-state index in [1.165, 1.54) is 35.4 Å². The van der Waals surface area contributed by atoms with Crippen LogP contribution in [-0.2, 0) is 13.5 Å². The molecule has 1 N–H and O–H groups in total. The van der Waals surface area contributed by atoms with E-state index in [1.807, 2.05) is 6.92 Å². The zero-order valence-electron chi connectivity index (χ0n) is 18.1. The van der Waals surface area contributed by atoms with Gasteiger partial charge in [-0.15, -0.1) is 5.10 Å². The van der Waals surface area contributed by atoms with Crippen LogP contribution in [0.15, 0.2) is 41.6 Å². The molecule has 0 radical (unpaired) electrons. The van der Waals surface area contributed by atoms with Crippen LogP contribution in [0.4, 0.5) is 8.78 Å². The third kappa shape index (κ3) is 3.67. The average molecular weight is 486 g/mol. The Bertz CT molecular complexity index is 1470. The largest absolute Gasteiger partial charge is 0.327 e. The average Bonchev–Trinajstić information content (AvgIpc) is 3.39. The lowest BCUT2D eigenvalue weighted by molar-refractivity contribution is 0.0661. The molecule has 5 rings (SSSR count). The number of fused-ring (bicyclic) bond motifs is 1. The normalized spacial score (nSPS) is 15.4. The number of amides is 1. The molecule has 0 unspecified atom stereocenters. The number of benzene rings is 1. The van der Waals surface area contributed by atoms with Crippen LogP contribution in [0.25, 0.3) is 16.9 Å². The number of carbonyl (C=O) groups excluding carboxylic acids is 1. The number of hydrogen-bond acceptors (Lipinski definition) is 5. The van der Waals surface area contributed by atoms with E-state index in [4.69, 9.17) is 11.6 Å². The summed E-state index contributed by atoms with van der Waals surface area (Å²) in [7, 11) is 1.70. The first kappa shape index (κ1) is 22.0. The molecule has 9 nitrogen and oxygen atoms in total. The second-order valence-corrected chi connectivity index (χ2v) is 8.40. The second-order valence-electron chi connectivity index (χ2n) is 7.96. The smallest absolute Gasteiger partial charge is 0.294 e. The number of aromatic nitrogens is 6. The first-order valence-electron chi connectivity index (χ1n) is 10.4. The third-order valence-corrected chi connectivity index (χ3v) is 6.04. The third-order valence-electron chi connectivity index (χ3n) is 5.82. The Morgan fingerprint density at radius 2 is 1.91 bits per heavy atom. The van der Waals surface area contributed by atoms with Crippen LogP contribution >= 0.6 is 11.6 Å². The first-order chi connectivity index (χ1) is 16.2. The van der Waals surface area contributed by atoms with Gasteiger partial charge >= 0.3 is 0 Å². The molecule has 12 heteroatoms. The minimum Gasteiger partial charge on any atom is -0.327 e. The van der Waals surface area contributed by atoms with Gasteiger partial charge in [-0.05, 0) is 31.5 Å². The van der Waals surface area contributed by atoms with Crippen LogP contribution in [0.1, 0.15) is 34.8 Å². The zero-order chi connectivity index (χ0) is 24.1. The maximum atomic E-state index is 13.8. The summed E-state index contributed by atoms with van der Waals surface area (Å²) in [6, 6.07) is 4.33. The van der Waals surface area contributed by atoms with Gasteiger partial charge in [0.15, 0.2) is 0 Å². The summed E-state index contributed by atoms with van der Waals surface area (Å²) in [5.74, 6) is -1.87. The first-order valence-corrected chi connectivity index (χ1v) is 10.7. The van der Waals surface area contributed by atoms with Crippen LogP contribution in [0.2, 0.25) is 5.02 Å². The van der Waals surface area contributed by atoms with E-state index in [9.17, 15) is 18.4 Å². The summed E-state index contributed by atoms with van der Waals surface area (Å²) in [5.41, 5.74) is 2.15. The second kappa shape index (κ2) is 8.17. The van der Waals surface area contributed by atoms with Crippen molar-refractivity contribution < 1.29 is 13.6 Å². The SMILES string of the molecule is C[C@H]1c2nn(C)c(-c3cc(F)cc(F)c3)c2CCN1C(=O)c1ncn(-c2cc(Cl)c[nH]c2=O)n1. The molecule has 0 bridgehead atoms. The highest BCUT2D eigenvalue weighted by atomic mass is 35.5. The lowest BCUT2D eigenvalue weighted by Gasteiger charge is -2.32. The molecule has 174 valence electrons. The highest BCUT2D eigenvalue weighted by Gasteiger charge is 2.34. The van der Waals surface area contributed by atoms with Crippen molar-refractivity contribution in [2.45, 2.75) is 19.4 Å². The predicted octanol–water partition coefficient (Wildman–Crippen LogP) is 3.05. The van der Waals surface area contributed by atoms with Crippen molar-refractivity contribution in [3.05, 3.63) is 80.9 Å². The topological polar surface area (TPSA) is 102 Å². The van der Waals surface area contributed by atoms with Gasteiger partial charge in [-0.1, -0.05) is 11.6 Å². The molecule has 0 spiro atoms. The fourth-order valence-corrected chi connectivity index (χ4v) is 4.45. The van der Waals surface area contributed by atoms with Gasteiger partial charge in [-0.2, -0.15) is 5.10 Å². The summed E-state index contributed by atoms with van der Waals surface area (Å²) < 4.78 is 30.4. The minimum atomic E-state index is -0.675. The van der Waals surface area contributed by atoms with Crippen LogP contribution in [0.3, 0.4) is 0 Å². The van der Waals surface area contributed by atoms with Crippen molar-refractivity contribution in [2.75, 3.05) is 6.54 Å². The minimum absolute atomic E-state index is 0.0852. The number of H-pyrrole nitrogens is 1. The molecular weight excluding hydrogens is 468 g/mol. The van der Waals surface area contributed by atoms with Crippen LogP contribution in [-0.4, -0.2) is 46.9 Å². The van der Waals surface area contributed by atoms with E-state index in [2.05, 4.69) is 20.2 Å². The molecular formula is C22H18ClF2N7O2. The van der Waals surface area contributed by atoms with E-state index in [-0.39, 0.29) is 11.5 Å². The molecule has 0 saturated carbocycles. The van der Waals surface area contributed by atoms with Crippen molar-refractivity contribution in [2.24, 2.45) is 7.05 Å². The maximum Gasteiger partial charge on any atom is 0.294 e. The van der Waals surface area contributed by atoms with Gasteiger partial charge in [-0.25, -0.2) is 18.4 Å². The number of pyridine rings is 1. The highest BCUT2D eigenvalue weighted by molar-refractivity contribution is 6.30. The predicted molar refractivity (Wildman–Crippen MR) is 119 cm³/mol. The monoisotopic (exact) mass is 485 g/mol. The Balaban J connectivity index is 1.46. The Kier molecular flexibility index (Phi) is 5.28. The lowest BCUT2D eigenvalue weighted by atomic mass is 9.95. The molecule has 0 aliphatic carbocycles. The molecule has 1 atom stereocenters. The number of aromatic amines is 1.